The average molecular weight is 488 g/mol. The topological polar surface area (TPSA) is 131 Å². The van der Waals surface area contributed by atoms with Gasteiger partial charge < -0.3 is 24.8 Å². The molecule has 2 aliphatic carbocycles. The number of nitrogens with zero attached hydrogens (tertiary/aromatic N) is 2. The Balaban J connectivity index is 1.40. The van der Waals surface area contributed by atoms with E-state index in [1.165, 1.54) is 11.1 Å². The predicted octanol–water partition coefficient (Wildman–Crippen LogP) is 1.39. The number of cyclic esters (lactones) is 1. The number of fused-ring (bicyclic) bond motifs is 7. The lowest BCUT2D eigenvalue weighted by molar-refractivity contribution is -0.157. The minimum Gasteiger partial charge on any atom is -0.458 e. The molecule has 184 valence electrons. The summed E-state index contributed by atoms with van der Waals surface area (Å²) in [6, 6.07) is 5.74. The smallest absolute Gasteiger partial charge is 0.340 e. The number of aliphatic hydroxyl groups excluding tert-OH is 2. The third-order valence-corrected chi connectivity index (χ3v) is 8.09. The number of esters is 1. The van der Waals surface area contributed by atoms with Crippen LogP contribution in [0.5, 0.6) is 0 Å². The predicted molar refractivity (Wildman–Crippen MR) is 128 cm³/mol. The van der Waals surface area contributed by atoms with Gasteiger partial charge in [0.05, 0.1) is 29.0 Å². The summed E-state index contributed by atoms with van der Waals surface area (Å²) in [4.78, 5) is 43.0. The molecular weight excluding hydrogens is 462 g/mol. The number of aromatic nitrogens is 2. The van der Waals surface area contributed by atoms with Crippen molar-refractivity contribution in [1.29, 1.82) is 0 Å². The van der Waals surface area contributed by atoms with Gasteiger partial charge in [-0.1, -0.05) is 6.07 Å². The van der Waals surface area contributed by atoms with Gasteiger partial charge in [0.2, 0.25) is 5.91 Å². The van der Waals surface area contributed by atoms with Crippen LogP contribution in [0.4, 0.5) is 0 Å². The molecule has 9 nitrogen and oxygen atoms in total. The Hall–Kier alpha value is -3.56. The zero-order valence-corrected chi connectivity index (χ0v) is 19.5. The molecule has 1 aromatic carbocycles. The van der Waals surface area contributed by atoms with Gasteiger partial charge in [0.15, 0.2) is 6.10 Å². The Morgan fingerprint density at radius 3 is 2.83 bits per heavy atom. The Labute approximate surface area is 205 Å². The lowest BCUT2D eigenvalue weighted by Gasteiger charge is -2.21. The highest BCUT2D eigenvalue weighted by molar-refractivity contribution is 5.92. The van der Waals surface area contributed by atoms with E-state index in [1.54, 1.807) is 10.6 Å². The second-order valence-electron chi connectivity index (χ2n) is 10.2. The van der Waals surface area contributed by atoms with Gasteiger partial charge >= 0.3 is 5.97 Å². The van der Waals surface area contributed by atoms with Gasteiger partial charge in [0.1, 0.15) is 12.7 Å². The Morgan fingerprint density at radius 2 is 2.03 bits per heavy atom. The van der Waals surface area contributed by atoms with Crippen molar-refractivity contribution in [2.75, 3.05) is 0 Å². The summed E-state index contributed by atoms with van der Waals surface area (Å²) in [6.45, 7) is 0.308. The van der Waals surface area contributed by atoms with Gasteiger partial charge in [-0.05, 0) is 66.8 Å². The molecule has 3 N–H and O–H groups in total. The lowest BCUT2D eigenvalue weighted by atomic mass is 9.94. The van der Waals surface area contributed by atoms with Gasteiger partial charge in [-0.25, -0.2) is 9.78 Å². The molecule has 0 saturated heterocycles. The second-order valence-corrected chi connectivity index (χ2v) is 10.2. The molecule has 2 aromatic heterocycles. The molecule has 1 fully saturated rings. The van der Waals surface area contributed by atoms with Gasteiger partial charge in [-0.2, -0.15) is 0 Å². The van der Waals surface area contributed by atoms with Gasteiger partial charge in [0.25, 0.3) is 5.56 Å². The molecule has 2 aliphatic heterocycles. The zero-order valence-electron chi connectivity index (χ0n) is 19.5. The maximum absolute atomic E-state index is 13.4. The van der Waals surface area contributed by atoms with Crippen molar-refractivity contribution >= 4 is 22.8 Å². The highest BCUT2D eigenvalue weighted by Crippen LogP contribution is 2.41. The summed E-state index contributed by atoms with van der Waals surface area (Å²) in [7, 11) is 0. The number of nitrogens with one attached hydrogen (secondary N) is 1. The van der Waals surface area contributed by atoms with E-state index in [4.69, 9.17) is 9.72 Å². The summed E-state index contributed by atoms with van der Waals surface area (Å²) in [5, 5.41) is 24.7. The summed E-state index contributed by atoms with van der Waals surface area (Å²) in [5.41, 5.74) is 6.38. The molecule has 4 aliphatic rings. The number of aliphatic hydroxyl groups is 2. The first-order valence-corrected chi connectivity index (χ1v) is 12.5. The molecule has 36 heavy (non-hydrogen) atoms. The SMILES string of the molecule is O=C1OCc2c(cc3n(c2=O)Cc2c-3nc3ccc4c(c3c2CNC(=O)C(O)C2CC2)CCC4)C1O. The lowest BCUT2D eigenvalue weighted by Crippen LogP contribution is -2.35. The number of aryl methyl sites for hydroxylation is 2. The molecule has 2 atom stereocenters. The van der Waals surface area contributed by atoms with Crippen molar-refractivity contribution in [2.45, 2.75) is 64.0 Å². The van der Waals surface area contributed by atoms with E-state index in [9.17, 15) is 24.6 Å². The third-order valence-electron chi connectivity index (χ3n) is 8.09. The first kappa shape index (κ1) is 21.7. The maximum atomic E-state index is 13.4. The summed E-state index contributed by atoms with van der Waals surface area (Å²) in [5.74, 6) is -1.13. The number of pyridine rings is 2. The Morgan fingerprint density at radius 1 is 1.19 bits per heavy atom. The minimum absolute atomic E-state index is 0.0275. The highest BCUT2D eigenvalue weighted by atomic mass is 16.5. The monoisotopic (exact) mass is 487 g/mol. The first-order valence-electron chi connectivity index (χ1n) is 12.5. The fraction of sp³-hybridized carbons (Fsp3) is 0.407. The molecule has 3 aromatic rings. The number of ether oxygens (including phenoxy) is 1. The van der Waals surface area contributed by atoms with Crippen LogP contribution in [0.2, 0.25) is 0 Å². The van der Waals surface area contributed by atoms with Crippen LogP contribution >= 0.6 is 0 Å². The van der Waals surface area contributed by atoms with Crippen LogP contribution in [0, 0.1) is 5.92 Å². The normalized spacial score (nSPS) is 20.4. The molecule has 7 rings (SSSR count). The fourth-order valence-electron chi connectivity index (χ4n) is 6.01. The number of carbonyl (C=O) groups is 2. The molecule has 4 heterocycles. The van der Waals surface area contributed by atoms with E-state index in [0.29, 0.717) is 11.4 Å². The van der Waals surface area contributed by atoms with Crippen LogP contribution < -0.4 is 10.9 Å². The average Bonchev–Trinajstić information content (AvgIpc) is 3.50. The van der Waals surface area contributed by atoms with Gasteiger partial charge in [-0.15, -0.1) is 0 Å². The van der Waals surface area contributed by atoms with Crippen LogP contribution in [0.25, 0.3) is 22.3 Å². The zero-order chi connectivity index (χ0) is 24.7. The number of rotatable bonds is 4. The van der Waals surface area contributed by atoms with E-state index < -0.39 is 18.2 Å². The van der Waals surface area contributed by atoms with Crippen molar-refractivity contribution in [1.82, 2.24) is 14.9 Å². The minimum atomic E-state index is -1.51. The van der Waals surface area contributed by atoms with E-state index in [1.807, 2.05) is 6.07 Å². The summed E-state index contributed by atoms with van der Waals surface area (Å²) < 4.78 is 6.60. The number of hydrogen-bond donors (Lipinski definition) is 3. The molecule has 1 amide bonds. The van der Waals surface area contributed by atoms with E-state index in [-0.39, 0.29) is 48.2 Å². The van der Waals surface area contributed by atoms with Crippen LogP contribution in [0.3, 0.4) is 0 Å². The van der Waals surface area contributed by atoms with E-state index >= 15 is 0 Å². The Bertz CT molecular complexity index is 1550. The Kier molecular flexibility index (Phi) is 4.65. The van der Waals surface area contributed by atoms with Crippen molar-refractivity contribution in [2.24, 2.45) is 5.92 Å². The quantitative estimate of drug-likeness (QED) is 0.371. The second kappa shape index (κ2) is 7.72. The van der Waals surface area contributed by atoms with Crippen LogP contribution in [0.15, 0.2) is 23.0 Å². The van der Waals surface area contributed by atoms with Crippen molar-refractivity contribution in [3.8, 4) is 11.4 Å². The number of carbonyl (C=O) groups excluding carboxylic acids is 2. The van der Waals surface area contributed by atoms with Crippen LogP contribution in [-0.2, 0) is 46.9 Å². The summed E-state index contributed by atoms with van der Waals surface area (Å²) >= 11 is 0. The van der Waals surface area contributed by atoms with Crippen molar-refractivity contribution < 1.29 is 24.5 Å². The number of benzene rings is 1. The number of amides is 1. The molecule has 0 spiro atoms. The van der Waals surface area contributed by atoms with Crippen LogP contribution in [0.1, 0.15) is 58.7 Å². The third kappa shape index (κ3) is 3.09. The molecule has 1 saturated carbocycles. The first-order chi connectivity index (χ1) is 17.4. The fourth-order valence-corrected chi connectivity index (χ4v) is 6.01. The maximum Gasteiger partial charge on any atom is 0.340 e. The van der Waals surface area contributed by atoms with Gasteiger partial charge in [-0.3, -0.25) is 9.59 Å². The highest BCUT2D eigenvalue weighted by Gasteiger charge is 2.37. The van der Waals surface area contributed by atoms with E-state index in [2.05, 4.69) is 11.4 Å². The number of hydrogen-bond acceptors (Lipinski definition) is 7. The van der Waals surface area contributed by atoms with Crippen LogP contribution in [-0.4, -0.2) is 37.7 Å². The van der Waals surface area contributed by atoms with Crippen molar-refractivity contribution in [3.05, 3.63) is 61.9 Å². The standard InChI is InChI=1S/C27H25N3O6/c31-23(13-4-5-13)25(33)28-9-16-17-10-30-20(8-15-18(26(30)34)11-36-27(35)24(15)32)22(17)29-19-7-6-12-2-1-3-14(12)21(16)19/h6-8,13,23-24,31-32H,1-5,9-11H2,(H,28,33). The molecule has 9 heteroatoms. The molecule has 2 unspecified atom stereocenters. The molecular formula is C27H25N3O6. The van der Waals surface area contributed by atoms with Gasteiger partial charge in [0, 0.05) is 23.1 Å². The summed E-state index contributed by atoms with van der Waals surface area (Å²) in [6.07, 6.45) is 2.16. The molecule has 0 radical (unpaired) electrons. The van der Waals surface area contributed by atoms with E-state index in [0.717, 1.165) is 54.1 Å². The largest absolute Gasteiger partial charge is 0.458 e. The molecule has 0 bridgehead atoms. The van der Waals surface area contributed by atoms with Crippen molar-refractivity contribution in [3.63, 3.8) is 0 Å².